The number of nitrogens with zero attached hydrogens (tertiary/aromatic N) is 1. The molecule has 1 saturated heterocycles. The number of anilines is 1. The zero-order valence-electron chi connectivity index (χ0n) is 17.2. The number of carbonyl (C=O) groups is 2. The first-order valence-corrected chi connectivity index (χ1v) is 10.3. The van der Waals surface area contributed by atoms with Gasteiger partial charge in [0.1, 0.15) is 5.75 Å². The molecular formula is C22H32N2O4. The quantitative estimate of drug-likeness (QED) is 0.838. The zero-order valence-corrected chi connectivity index (χ0v) is 17.2. The van der Waals surface area contributed by atoms with Gasteiger partial charge < -0.3 is 19.7 Å². The summed E-state index contributed by atoms with van der Waals surface area (Å²) in [5.41, 5.74) is 1.05. The fourth-order valence-electron chi connectivity index (χ4n) is 3.98. The van der Waals surface area contributed by atoms with Gasteiger partial charge in [-0.3, -0.25) is 4.79 Å². The van der Waals surface area contributed by atoms with Crippen molar-refractivity contribution >= 4 is 17.7 Å². The highest BCUT2D eigenvalue weighted by molar-refractivity contribution is 5.92. The number of benzene rings is 1. The number of hydrogen-bond acceptors (Lipinski definition) is 4. The Labute approximate surface area is 167 Å². The maximum Gasteiger partial charge on any atom is 0.415 e. The van der Waals surface area contributed by atoms with Crippen LogP contribution < -0.4 is 10.1 Å². The molecule has 6 heteroatoms. The van der Waals surface area contributed by atoms with Crippen molar-refractivity contribution in [3.8, 4) is 5.75 Å². The fraction of sp³-hybridized carbons (Fsp3) is 0.636. The molecular weight excluding hydrogens is 356 g/mol. The summed E-state index contributed by atoms with van der Waals surface area (Å²) in [6.07, 6.45) is 3.75. The van der Waals surface area contributed by atoms with Crippen molar-refractivity contribution in [1.29, 1.82) is 0 Å². The van der Waals surface area contributed by atoms with E-state index >= 15 is 0 Å². The summed E-state index contributed by atoms with van der Waals surface area (Å²) >= 11 is 0. The minimum Gasteiger partial charge on any atom is -0.410 e. The van der Waals surface area contributed by atoms with Crippen LogP contribution in [0.2, 0.25) is 0 Å². The molecule has 1 aliphatic carbocycles. The molecule has 28 heavy (non-hydrogen) atoms. The Morgan fingerprint density at radius 3 is 2.21 bits per heavy atom. The summed E-state index contributed by atoms with van der Waals surface area (Å²) in [6.45, 7) is 9.02. The number of rotatable bonds is 3. The number of morpholine rings is 1. The second-order valence-corrected chi connectivity index (χ2v) is 8.90. The van der Waals surface area contributed by atoms with Crippen LogP contribution in [0.3, 0.4) is 0 Å². The van der Waals surface area contributed by atoms with E-state index in [2.05, 4.69) is 26.1 Å². The van der Waals surface area contributed by atoms with Crippen LogP contribution in [0.4, 0.5) is 10.5 Å². The minimum atomic E-state index is -0.365. The lowest BCUT2D eigenvalue weighted by Crippen LogP contribution is -2.42. The molecule has 1 saturated carbocycles. The van der Waals surface area contributed by atoms with E-state index in [4.69, 9.17) is 9.47 Å². The van der Waals surface area contributed by atoms with Gasteiger partial charge in [0.05, 0.1) is 13.2 Å². The highest BCUT2D eigenvalue weighted by Crippen LogP contribution is 2.40. The van der Waals surface area contributed by atoms with Gasteiger partial charge in [-0.2, -0.15) is 0 Å². The van der Waals surface area contributed by atoms with Gasteiger partial charge in [-0.15, -0.1) is 0 Å². The van der Waals surface area contributed by atoms with Crippen LogP contribution in [-0.2, 0) is 9.53 Å². The molecule has 1 heterocycles. The van der Waals surface area contributed by atoms with Crippen molar-refractivity contribution in [2.45, 2.75) is 46.5 Å². The molecule has 1 aromatic rings. The maximum absolute atomic E-state index is 12.6. The monoisotopic (exact) mass is 388 g/mol. The first kappa shape index (κ1) is 20.6. The second kappa shape index (κ2) is 8.95. The molecule has 0 unspecified atom stereocenters. The molecule has 1 aliphatic heterocycles. The van der Waals surface area contributed by atoms with Crippen LogP contribution >= 0.6 is 0 Å². The third-order valence-electron chi connectivity index (χ3n) is 5.92. The van der Waals surface area contributed by atoms with E-state index in [-0.39, 0.29) is 17.9 Å². The predicted molar refractivity (Wildman–Crippen MR) is 108 cm³/mol. The van der Waals surface area contributed by atoms with E-state index in [1.54, 1.807) is 29.2 Å². The summed E-state index contributed by atoms with van der Waals surface area (Å²) in [7, 11) is 0. The maximum atomic E-state index is 12.6. The van der Waals surface area contributed by atoms with Gasteiger partial charge in [-0.25, -0.2) is 4.79 Å². The lowest BCUT2D eigenvalue weighted by molar-refractivity contribution is -0.121. The molecule has 0 radical (unpaired) electrons. The molecule has 1 aromatic carbocycles. The van der Waals surface area contributed by atoms with Crippen LogP contribution in [-0.4, -0.2) is 43.2 Å². The van der Waals surface area contributed by atoms with Gasteiger partial charge in [0, 0.05) is 24.7 Å². The number of hydrogen-bond donors (Lipinski definition) is 1. The topological polar surface area (TPSA) is 67.9 Å². The molecule has 2 amide bonds. The van der Waals surface area contributed by atoms with E-state index in [0.717, 1.165) is 31.4 Å². The Morgan fingerprint density at radius 2 is 1.64 bits per heavy atom. The summed E-state index contributed by atoms with van der Waals surface area (Å²) < 4.78 is 10.6. The van der Waals surface area contributed by atoms with Crippen LogP contribution in [0, 0.1) is 17.3 Å². The van der Waals surface area contributed by atoms with Crippen LogP contribution in [0.25, 0.3) is 0 Å². The number of carbonyl (C=O) groups excluding carboxylic acids is 2. The summed E-state index contributed by atoms with van der Waals surface area (Å²) in [6, 6.07) is 6.98. The van der Waals surface area contributed by atoms with Crippen molar-refractivity contribution in [3.63, 3.8) is 0 Å². The highest BCUT2D eigenvalue weighted by Gasteiger charge is 2.32. The zero-order chi connectivity index (χ0) is 20.1. The Balaban J connectivity index is 1.47. The van der Waals surface area contributed by atoms with Crippen LogP contribution in [0.1, 0.15) is 46.5 Å². The molecule has 0 bridgehead atoms. The van der Waals surface area contributed by atoms with Gasteiger partial charge in [0.25, 0.3) is 0 Å². The van der Waals surface area contributed by atoms with E-state index in [0.29, 0.717) is 43.4 Å². The van der Waals surface area contributed by atoms with E-state index in [1.807, 2.05) is 0 Å². The third-order valence-corrected chi connectivity index (χ3v) is 5.92. The molecule has 6 nitrogen and oxygen atoms in total. The lowest BCUT2D eigenvalue weighted by atomic mass is 9.69. The Morgan fingerprint density at radius 1 is 1.04 bits per heavy atom. The molecule has 2 fully saturated rings. The second-order valence-electron chi connectivity index (χ2n) is 8.90. The third kappa shape index (κ3) is 5.47. The van der Waals surface area contributed by atoms with Gasteiger partial charge >= 0.3 is 6.09 Å². The highest BCUT2D eigenvalue weighted by atomic mass is 16.6. The molecule has 2 aliphatic rings. The van der Waals surface area contributed by atoms with Crippen molar-refractivity contribution in [1.82, 2.24) is 4.90 Å². The Hall–Kier alpha value is -2.08. The van der Waals surface area contributed by atoms with Crippen molar-refractivity contribution in [3.05, 3.63) is 24.3 Å². The molecule has 154 valence electrons. The number of amides is 2. The smallest absolute Gasteiger partial charge is 0.410 e. The first-order valence-electron chi connectivity index (χ1n) is 10.3. The van der Waals surface area contributed by atoms with Gasteiger partial charge in [-0.1, -0.05) is 20.8 Å². The molecule has 0 spiro atoms. The van der Waals surface area contributed by atoms with Crippen molar-refractivity contribution in [2.75, 3.05) is 31.6 Å². The first-order chi connectivity index (χ1) is 13.3. The van der Waals surface area contributed by atoms with Crippen molar-refractivity contribution in [2.24, 2.45) is 17.3 Å². The average Bonchev–Trinajstić information content (AvgIpc) is 2.69. The van der Waals surface area contributed by atoms with Crippen molar-refractivity contribution < 1.29 is 19.1 Å². The largest absolute Gasteiger partial charge is 0.415 e. The summed E-state index contributed by atoms with van der Waals surface area (Å²) in [5.74, 6) is 1.33. The Kier molecular flexibility index (Phi) is 6.60. The number of ether oxygens (including phenoxy) is 2. The lowest BCUT2D eigenvalue weighted by Gasteiger charge is -2.36. The Bertz CT molecular complexity index is 667. The number of nitrogens with one attached hydrogen (secondary N) is 1. The summed E-state index contributed by atoms with van der Waals surface area (Å²) in [4.78, 5) is 26.3. The SMILES string of the molecule is CC(C)(C)C1CCC(C(=O)Nc2ccc(OC(=O)N3CCOCC3)cc2)CC1. The van der Waals surface area contributed by atoms with Crippen LogP contribution in [0.5, 0.6) is 5.75 Å². The van der Waals surface area contributed by atoms with E-state index in [1.165, 1.54) is 0 Å². The normalized spacial score (nSPS) is 23.2. The molecule has 0 aromatic heterocycles. The standard InChI is InChI=1S/C22H32N2O4/c1-22(2,3)17-6-4-16(5-7-17)20(25)23-18-8-10-19(11-9-18)28-21(26)24-12-14-27-15-13-24/h8-11,16-17H,4-7,12-15H2,1-3H3,(H,23,25). The molecule has 0 atom stereocenters. The fourth-order valence-corrected chi connectivity index (χ4v) is 3.98. The summed E-state index contributed by atoms with van der Waals surface area (Å²) in [5, 5.41) is 3.00. The van der Waals surface area contributed by atoms with Gasteiger partial charge in [0.2, 0.25) is 5.91 Å². The predicted octanol–water partition coefficient (Wildman–Crippen LogP) is 4.31. The van der Waals surface area contributed by atoms with Gasteiger partial charge in [-0.05, 0) is 61.3 Å². The van der Waals surface area contributed by atoms with E-state index < -0.39 is 0 Å². The molecule has 3 rings (SSSR count). The minimum absolute atomic E-state index is 0.0809. The van der Waals surface area contributed by atoms with E-state index in [9.17, 15) is 9.59 Å². The molecule has 1 N–H and O–H groups in total. The average molecular weight is 389 g/mol. The van der Waals surface area contributed by atoms with Crippen LogP contribution in [0.15, 0.2) is 24.3 Å². The van der Waals surface area contributed by atoms with Gasteiger partial charge in [0.15, 0.2) is 0 Å².